The second-order valence-electron chi connectivity index (χ2n) is 3.29. The van der Waals surface area contributed by atoms with E-state index in [9.17, 15) is 24.6 Å². The summed E-state index contributed by atoms with van der Waals surface area (Å²) in [6.45, 7) is -0.751. The van der Waals surface area contributed by atoms with E-state index in [1.165, 1.54) is 0 Å². The number of aliphatic hydroxyl groups is 5. The molecule has 2 unspecified atom stereocenters. The van der Waals surface area contributed by atoms with Crippen molar-refractivity contribution < 1.29 is 38.6 Å². The number of hydroxylamine groups is 2. The lowest BCUT2D eigenvalue weighted by Crippen LogP contribution is -2.67. The summed E-state index contributed by atoms with van der Waals surface area (Å²) < 4.78 is 23.1. The Morgan fingerprint density at radius 1 is 1.12 bits per heavy atom. The van der Waals surface area contributed by atoms with Crippen LogP contribution in [0.3, 0.4) is 0 Å². The van der Waals surface area contributed by atoms with Crippen LogP contribution in [0.2, 0.25) is 0 Å². The van der Waals surface area contributed by atoms with Crippen molar-refractivity contribution in [1.82, 2.24) is 5.06 Å². The molecule has 9 nitrogen and oxygen atoms in total. The summed E-state index contributed by atoms with van der Waals surface area (Å²) in [7, 11) is 0. The summed E-state index contributed by atoms with van der Waals surface area (Å²) in [5.41, 5.74) is 0. The van der Waals surface area contributed by atoms with Crippen LogP contribution in [0.1, 0.15) is 0 Å². The predicted octanol–water partition coefficient (Wildman–Crippen LogP) is -3.87. The Labute approximate surface area is 92.9 Å². The van der Waals surface area contributed by atoms with E-state index in [1.54, 1.807) is 0 Å². The van der Waals surface area contributed by atoms with Gasteiger partial charge in [0.15, 0.2) is 6.23 Å². The first-order valence-corrected chi connectivity index (χ1v) is 5.34. The van der Waals surface area contributed by atoms with Gasteiger partial charge in [0.05, 0.1) is 12.6 Å². The van der Waals surface area contributed by atoms with Gasteiger partial charge in [-0.2, -0.15) is 8.49 Å². The Kier molecular flexibility index (Phi) is 4.73. The van der Waals surface area contributed by atoms with Crippen LogP contribution in [0.25, 0.3) is 0 Å². The molecule has 0 amide bonds. The Hall–Kier alpha value is -0.170. The van der Waals surface area contributed by atoms with Gasteiger partial charge in [0.25, 0.3) is 0 Å². The highest BCUT2D eigenvalue weighted by Gasteiger charge is 2.48. The molecule has 16 heavy (non-hydrogen) atoms. The Balaban J connectivity index is 2.88. The lowest BCUT2D eigenvalue weighted by molar-refractivity contribution is -0.300. The van der Waals surface area contributed by atoms with Crippen molar-refractivity contribution in [2.24, 2.45) is 0 Å². The quantitative estimate of drug-likeness (QED) is 0.280. The molecular weight excluding hydrogens is 246 g/mol. The van der Waals surface area contributed by atoms with Crippen LogP contribution in [0.15, 0.2) is 0 Å². The highest BCUT2D eigenvalue weighted by molar-refractivity contribution is 7.74. The molecule has 0 saturated carbocycles. The second-order valence-corrected chi connectivity index (χ2v) is 3.87. The van der Waals surface area contributed by atoms with E-state index in [0.29, 0.717) is 5.06 Å². The smallest absolute Gasteiger partial charge is 0.319 e. The molecule has 0 bridgehead atoms. The molecule has 96 valence electrons. The highest BCUT2D eigenvalue weighted by Crippen LogP contribution is 2.23. The van der Waals surface area contributed by atoms with E-state index in [-0.39, 0.29) is 0 Å². The van der Waals surface area contributed by atoms with Crippen molar-refractivity contribution in [3.8, 4) is 0 Å². The fourth-order valence-electron chi connectivity index (χ4n) is 1.46. The van der Waals surface area contributed by atoms with E-state index >= 15 is 0 Å². The number of piperidine rings is 1. The van der Waals surface area contributed by atoms with Gasteiger partial charge < -0.3 is 25.5 Å². The molecule has 1 fully saturated rings. The molecule has 1 aliphatic rings. The van der Waals surface area contributed by atoms with E-state index in [4.69, 9.17) is 9.66 Å². The summed E-state index contributed by atoms with van der Waals surface area (Å²) in [6, 6.07) is -1.33. The number of nitrogens with zero attached hydrogens (tertiary/aromatic N) is 1. The zero-order chi connectivity index (χ0) is 12.5. The third-order valence-corrected chi connectivity index (χ3v) is 2.62. The monoisotopic (exact) mass is 259 g/mol. The molecule has 0 aromatic rings. The minimum atomic E-state index is -2.80. The van der Waals surface area contributed by atoms with E-state index in [2.05, 4.69) is 4.28 Å². The van der Waals surface area contributed by atoms with Crippen LogP contribution in [0, 0.1) is 0 Å². The third kappa shape index (κ3) is 2.56. The maximum Gasteiger partial charge on any atom is 0.319 e. The molecule has 1 aliphatic heterocycles. The molecular formula is C6H13NO8S. The van der Waals surface area contributed by atoms with E-state index in [1.807, 2.05) is 0 Å². The molecule has 0 aromatic heterocycles. The fourth-order valence-corrected chi connectivity index (χ4v) is 1.81. The first kappa shape index (κ1) is 13.9. The van der Waals surface area contributed by atoms with Crippen LogP contribution >= 0.6 is 0 Å². The summed E-state index contributed by atoms with van der Waals surface area (Å²) in [5, 5.41) is 46.6. The fraction of sp³-hybridized carbons (Fsp3) is 1.00. The first-order chi connectivity index (χ1) is 7.40. The van der Waals surface area contributed by atoms with Gasteiger partial charge in [-0.15, -0.1) is 5.06 Å². The van der Waals surface area contributed by atoms with E-state index in [0.717, 1.165) is 0 Å². The summed E-state index contributed by atoms with van der Waals surface area (Å²) in [6.07, 6.45) is -6.96. The van der Waals surface area contributed by atoms with Crippen LogP contribution in [0.4, 0.5) is 0 Å². The lowest BCUT2D eigenvalue weighted by atomic mass is 9.95. The van der Waals surface area contributed by atoms with Crippen LogP contribution in [0.5, 0.6) is 0 Å². The van der Waals surface area contributed by atoms with Gasteiger partial charge >= 0.3 is 11.4 Å². The third-order valence-electron chi connectivity index (χ3n) is 2.32. The van der Waals surface area contributed by atoms with Gasteiger partial charge in [-0.05, 0) is 0 Å². The molecule has 6 atom stereocenters. The average Bonchev–Trinajstić information content (AvgIpc) is 2.23. The minimum absolute atomic E-state index is 0.373. The van der Waals surface area contributed by atoms with Crippen molar-refractivity contribution in [1.29, 1.82) is 0 Å². The number of hydrogen-bond donors (Lipinski definition) is 6. The van der Waals surface area contributed by atoms with Crippen LogP contribution < -0.4 is 0 Å². The summed E-state index contributed by atoms with van der Waals surface area (Å²) in [5.74, 6) is 0. The molecule has 0 spiro atoms. The standard InChI is InChI=1S/C6H13NO8S/c8-1-2-3(9)4(10)5(11)6(12)7(2)15-16(13)14/h2-6,8-12H,1H2,(H,13,14)/t2-,3-,4+,5-,6?/m1/s1. The molecule has 1 saturated heterocycles. The summed E-state index contributed by atoms with van der Waals surface area (Å²) in [4.78, 5) is 0. The predicted molar refractivity (Wildman–Crippen MR) is 48.6 cm³/mol. The van der Waals surface area contributed by atoms with Gasteiger partial charge in [0.1, 0.15) is 18.3 Å². The maximum absolute atomic E-state index is 10.4. The van der Waals surface area contributed by atoms with Crippen molar-refractivity contribution in [3.05, 3.63) is 0 Å². The SMILES string of the molecule is O=S(O)ON1C(O)[C@H](O)[C@@H](O)[C@H](O)[C@H]1CO. The largest absolute Gasteiger partial charge is 0.395 e. The molecule has 6 N–H and O–H groups in total. The highest BCUT2D eigenvalue weighted by atomic mass is 32.2. The zero-order valence-corrected chi connectivity index (χ0v) is 8.77. The van der Waals surface area contributed by atoms with Crippen molar-refractivity contribution in [3.63, 3.8) is 0 Å². The van der Waals surface area contributed by atoms with E-state index < -0.39 is 48.5 Å². The second kappa shape index (κ2) is 5.44. The average molecular weight is 259 g/mol. The molecule has 10 heteroatoms. The molecule has 1 rings (SSSR count). The van der Waals surface area contributed by atoms with Crippen LogP contribution in [-0.2, 0) is 15.6 Å². The van der Waals surface area contributed by atoms with Gasteiger partial charge in [0, 0.05) is 0 Å². The number of aliphatic hydroxyl groups excluding tert-OH is 5. The molecule has 1 heterocycles. The van der Waals surface area contributed by atoms with Gasteiger partial charge in [0.2, 0.25) is 0 Å². The summed E-state index contributed by atoms with van der Waals surface area (Å²) >= 11 is -2.80. The minimum Gasteiger partial charge on any atom is -0.395 e. The zero-order valence-electron chi connectivity index (χ0n) is 7.95. The topological polar surface area (TPSA) is 151 Å². The van der Waals surface area contributed by atoms with Crippen molar-refractivity contribution in [2.75, 3.05) is 6.61 Å². The van der Waals surface area contributed by atoms with Crippen molar-refractivity contribution >= 4 is 11.4 Å². The molecule has 0 radical (unpaired) electrons. The maximum atomic E-state index is 10.4. The first-order valence-electron chi connectivity index (χ1n) is 4.31. The van der Waals surface area contributed by atoms with Crippen LogP contribution in [-0.4, -0.2) is 76.5 Å². The van der Waals surface area contributed by atoms with Gasteiger partial charge in [-0.3, -0.25) is 4.55 Å². The molecule has 0 aromatic carbocycles. The Bertz CT molecular complexity index is 265. The van der Waals surface area contributed by atoms with Gasteiger partial charge in [-0.1, -0.05) is 0 Å². The lowest BCUT2D eigenvalue weighted by Gasteiger charge is -2.43. The van der Waals surface area contributed by atoms with Gasteiger partial charge in [-0.25, -0.2) is 0 Å². The Morgan fingerprint density at radius 3 is 2.12 bits per heavy atom. The Morgan fingerprint density at radius 2 is 1.69 bits per heavy atom. The normalized spacial score (nSPS) is 43.2. The van der Waals surface area contributed by atoms with Crippen molar-refractivity contribution in [2.45, 2.75) is 30.6 Å². The number of rotatable bonds is 3. The molecule has 0 aliphatic carbocycles. The number of hydrogen-bond acceptors (Lipinski definition) is 8.